The molecule has 1 aromatic heterocycles. The van der Waals surface area contributed by atoms with Gasteiger partial charge in [0.25, 0.3) is 5.56 Å². The highest BCUT2D eigenvalue weighted by Crippen LogP contribution is 2.15. The molecule has 0 atom stereocenters. The Morgan fingerprint density at radius 3 is 2.70 bits per heavy atom. The number of nitrogens with one attached hydrogen (secondary N) is 2. The van der Waals surface area contributed by atoms with Gasteiger partial charge in [-0.3, -0.25) is 25.0 Å². The third-order valence-electron chi connectivity index (χ3n) is 3.91. The maximum Gasteiger partial charge on any atom is 0.262 e. The van der Waals surface area contributed by atoms with Gasteiger partial charge in [-0.15, -0.1) is 0 Å². The lowest BCUT2D eigenvalue weighted by atomic mass is 10.2. The summed E-state index contributed by atoms with van der Waals surface area (Å²) in [5.41, 5.74) is 5.50. The van der Waals surface area contributed by atoms with Gasteiger partial charge in [-0.1, -0.05) is 24.3 Å². The van der Waals surface area contributed by atoms with Gasteiger partial charge >= 0.3 is 0 Å². The monoisotopic (exact) mass is 370 g/mol. The predicted octanol–water partition coefficient (Wildman–Crippen LogP) is 2.47. The molecular formula is C19H19FN4O3. The first-order valence-electron chi connectivity index (χ1n) is 8.52. The van der Waals surface area contributed by atoms with E-state index in [0.717, 1.165) is 0 Å². The van der Waals surface area contributed by atoms with Crippen LogP contribution < -0.4 is 21.1 Å². The van der Waals surface area contributed by atoms with Crippen LogP contribution in [-0.4, -0.2) is 22.1 Å². The number of carbonyl (C=O) groups excluding carboxylic acids is 1. The Morgan fingerprint density at radius 1 is 1.19 bits per heavy atom. The van der Waals surface area contributed by atoms with Crippen LogP contribution in [0.1, 0.15) is 13.3 Å². The molecule has 27 heavy (non-hydrogen) atoms. The third-order valence-corrected chi connectivity index (χ3v) is 3.91. The Balaban J connectivity index is 1.62. The largest absolute Gasteiger partial charge is 0.490 e. The molecule has 8 heteroatoms. The number of hydrogen-bond acceptors (Lipinski definition) is 5. The summed E-state index contributed by atoms with van der Waals surface area (Å²) in [6.07, 6.45) is 0.00523. The van der Waals surface area contributed by atoms with Crippen molar-refractivity contribution in [3.05, 3.63) is 64.7 Å². The van der Waals surface area contributed by atoms with Gasteiger partial charge in [0.15, 0.2) is 11.6 Å². The number of para-hydroxylation sites is 2. The number of carbonyl (C=O) groups is 1. The zero-order valence-electron chi connectivity index (χ0n) is 14.7. The normalized spacial score (nSPS) is 10.6. The van der Waals surface area contributed by atoms with Crippen molar-refractivity contribution in [2.24, 2.45) is 0 Å². The van der Waals surface area contributed by atoms with Crippen molar-refractivity contribution in [2.75, 3.05) is 12.0 Å². The molecule has 2 N–H and O–H groups in total. The summed E-state index contributed by atoms with van der Waals surface area (Å²) in [7, 11) is 0. The van der Waals surface area contributed by atoms with Crippen LogP contribution in [0.3, 0.4) is 0 Å². The number of amides is 1. The summed E-state index contributed by atoms with van der Waals surface area (Å²) < 4.78 is 20.1. The first-order valence-corrected chi connectivity index (χ1v) is 8.52. The Hall–Kier alpha value is -3.42. The van der Waals surface area contributed by atoms with Crippen LogP contribution >= 0.6 is 0 Å². The Labute approximate surface area is 154 Å². The van der Waals surface area contributed by atoms with Crippen molar-refractivity contribution in [3.8, 4) is 5.75 Å². The zero-order valence-corrected chi connectivity index (χ0v) is 14.7. The average molecular weight is 370 g/mol. The third kappa shape index (κ3) is 4.22. The maximum absolute atomic E-state index is 13.5. The van der Waals surface area contributed by atoms with Crippen molar-refractivity contribution in [1.29, 1.82) is 0 Å². The van der Waals surface area contributed by atoms with Gasteiger partial charge in [-0.25, -0.2) is 9.37 Å². The van der Waals surface area contributed by atoms with Gasteiger partial charge < -0.3 is 4.74 Å². The molecule has 2 aromatic carbocycles. The van der Waals surface area contributed by atoms with E-state index in [4.69, 9.17) is 4.74 Å². The molecule has 3 aromatic rings. The van der Waals surface area contributed by atoms with Gasteiger partial charge in [0, 0.05) is 6.54 Å². The van der Waals surface area contributed by atoms with Crippen molar-refractivity contribution in [3.63, 3.8) is 0 Å². The van der Waals surface area contributed by atoms with E-state index in [-0.39, 0.29) is 36.2 Å². The number of ether oxygens (including phenoxy) is 1. The van der Waals surface area contributed by atoms with E-state index in [1.807, 2.05) is 6.92 Å². The second-order valence-corrected chi connectivity index (χ2v) is 5.70. The fourth-order valence-corrected chi connectivity index (χ4v) is 2.56. The molecule has 0 saturated heterocycles. The molecule has 0 saturated carbocycles. The summed E-state index contributed by atoms with van der Waals surface area (Å²) in [6, 6.07) is 13.0. The van der Waals surface area contributed by atoms with Gasteiger partial charge in [-0.05, 0) is 31.2 Å². The van der Waals surface area contributed by atoms with Crippen molar-refractivity contribution in [2.45, 2.75) is 19.9 Å². The summed E-state index contributed by atoms with van der Waals surface area (Å²) >= 11 is 0. The highest BCUT2D eigenvalue weighted by molar-refractivity contribution is 5.80. The Bertz CT molecular complexity index is 1020. The maximum atomic E-state index is 13.5. The summed E-state index contributed by atoms with van der Waals surface area (Å²) in [4.78, 5) is 28.9. The minimum atomic E-state index is -0.483. The molecule has 0 aliphatic carbocycles. The van der Waals surface area contributed by atoms with E-state index in [1.54, 1.807) is 36.4 Å². The smallest absolute Gasteiger partial charge is 0.262 e. The number of hydrogen-bond donors (Lipinski definition) is 2. The lowest BCUT2D eigenvalue weighted by molar-refractivity contribution is -0.121. The van der Waals surface area contributed by atoms with Gasteiger partial charge in [-0.2, -0.15) is 0 Å². The quantitative estimate of drug-likeness (QED) is 0.624. The molecule has 1 heterocycles. The number of nitrogens with zero attached hydrogens (tertiary/aromatic N) is 2. The second kappa shape index (κ2) is 8.31. The zero-order chi connectivity index (χ0) is 19.2. The number of fused-ring (bicyclic) bond motifs is 1. The summed E-state index contributed by atoms with van der Waals surface area (Å²) in [5.74, 6) is -0.529. The standard InChI is InChI=1S/C19H19FN4O3/c1-2-24-18(26)13-7-3-5-9-15(13)21-19(24)23-22-17(25)11-12-27-16-10-6-4-8-14(16)20/h3-10H,2,11-12H2,1H3,(H,21,23)(H,22,25). The Kier molecular flexibility index (Phi) is 5.65. The highest BCUT2D eigenvalue weighted by Gasteiger charge is 2.10. The van der Waals surface area contributed by atoms with Crippen LogP contribution in [0, 0.1) is 5.82 Å². The molecule has 0 fully saturated rings. The molecular weight excluding hydrogens is 351 g/mol. The van der Waals surface area contributed by atoms with E-state index in [2.05, 4.69) is 15.8 Å². The van der Waals surface area contributed by atoms with Crippen LogP contribution in [0.25, 0.3) is 10.9 Å². The van der Waals surface area contributed by atoms with Crippen LogP contribution in [0.4, 0.5) is 10.3 Å². The minimum absolute atomic E-state index is 0.00523. The average Bonchev–Trinajstić information content (AvgIpc) is 2.68. The van der Waals surface area contributed by atoms with Gasteiger partial charge in [0.2, 0.25) is 11.9 Å². The van der Waals surface area contributed by atoms with Crippen LogP contribution in [0.2, 0.25) is 0 Å². The first kappa shape index (κ1) is 18.4. The molecule has 0 radical (unpaired) electrons. The lowest BCUT2D eigenvalue weighted by Gasteiger charge is -2.14. The number of benzene rings is 2. The fourth-order valence-electron chi connectivity index (χ4n) is 2.56. The van der Waals surface area contributed by atoms with E-state index < -0.39 is 5.82 Å². The highest BCUT2D eigenvalue weighted by atomic mass is 19.1. The molecule has 140 valence electrons. The number of halogens is 1. The van der Waals surface area contributed by atoms with Crippen molar-refractivity contribution in [1.82, 2.24) is 15.0 Å². The van der Waals surface area contributed by atoms with Gasteiger partial charge in [0.1, 0.15) is 0 Å². The summed E-state index contributed by atoms with van der Waals surface area (Å²) in [6.45, 7) is 2.22. The number of rotatable bonds is 7. The number of hydrazine groups is 1. The molecule has 0 aliphatic heterocycles. The van der Waals surface area contributed by atoms with Crippen molar-refractivity contribution < 1.29 is 13.9 Å². The molecule has 1 amide bonds. The van der Waals surface area contributed by atoms with E-state index in [0.29, 0.717) is 17.4 Å². The predicted molar refractivity (Wildman–Crippen MR) is 100.0 cm³/mol. The molecule has 0 unspecified atom stereocenters. The number of aromatic nitrogens is 2. The van der Waals surface area contributed by atoms with Crippen LogP contribution in [-0.2, 0) is 11.3 Å². The molecule has 0 spiro atoms. The number of anilines is 1. The molecule has 0 bridgehead atoms. The first-order chi connectivity index (χ1) is 13.1. The second-order valence-electron chi connectivity index (χ2n) is 5.70. The fraction of sp³-hybridized carbons (Fsp3) is 0.211. The molecule has 3 rings (SSSR count). The van der Waals surface area contributed by atoms with Crippen LogP contribution in [0.15, 0.2) is 53.3 Å². The van der Waals surface area contributed by atoms with Crippen LogP contribution in [0.5, 0.6) is 5.75 Å². The van der Waals surface area contributed by atoms with Crippen molar-refractivity contribution >= 4 is 22.8 Å². The minimum Gasteiger partial charge on any atom is -0.490 e. The molecule has 7 nitrogen and oxygen atoms in total. The lowest BCUT2D eigenvalue weighted by Crippen LogP contribution is -2.34. The van der Waals surface area contributed by atoms with Gasteiger partial charge in [0.05, 0.1) is 23.9 Å². The SMILES string of the molecule is CCn1c(NNC(=O)CCOc2ccccc2F)nc2ccccc2c1=O. The Morgan fingerprint density at radius 2 is 1.93 bits per heavy atom. The summed E-state index contributed by atoms with van der Waals surface area (Å²) in [5, 5.41) is 0.509. The topological polar surface area (TPSA) is 85.2 Å². The van der Waals surface area contributed by atoms with E-state index in [9.17, 15) is 14.0 Å². The van der Waals surface area contributed by atoms with E-state index in [1.165, 1.54) is 16.7 Å². The van der Waals surface area contributed by atoms with E-state index >= 15 is 0 Å². The molecule has 0 aliphatic rings.